The van der Waals surface area contributed by atoms with Gasteiger partial charge in [-0.25, -0.2) is 4.98 Å². The third-order valence-corrected chi connectivity index (χ3v) is 5.40. The second kappa shape index (κ2) is 5.70. The lowest BCUT2D eigenvalue weighted by Crippen LogP contribution is -2.32. The number of likely N-dealkylation sites (tertiary alicyclic amines) is 1. The monoisotopic (exact) mass is 333 g/mol. The molecule has 2 fully saturated rings. The fourth-order valence-corrected chi connectivity index (χ4v) is 4.09. The number of amides is 1. The van der Waals surface area contributed by atoms with Crippen LogP contribution >= 0.6 is 0 Å². The molecule has 5 nitrogen and oxygen atoms in total. The van der Waals surface area contributed by atoms with Crippen LogP contribution in [0, 0.1) is 11.8 Å². The predicted molar refractivity (Wildman–Crippen MR) is 95.2 cm³/mol. The number of carbonyl (C=O) groups is 1. The van der Waals surface area contributed by atoms with Gasteiger partial charge in [-0.2, -0.15) is 0 Å². The molecule has 5 heteroatoms. The average molecular weight is 333 g/mol. The maximum absolute atomic E-state index is 13.3. The molecule has 1 N–H and O–H groups in total. The minimum Gasteiger partial charge on any atom is -0.463 e. The van der Waals surface area contributed by atoms with Gasteiger partial charge in [0.05, 0.1) is 17.3 Å². The van der Waals surface area contributed by atoms with E-state index < -0.39 is 0 Å². The molecule has 0 bridgehead atoms. The molecule has 0 unspecified atom stereocenters. The first kappa shape index (κ1) is 14.7. The molecule has 1 amide bonds. The Morgan fingerprint density at radius 3 is 2.68 bits per heavy atom. The van der Waals surface area contributed by atoms with E-state index >= 15 is 0 Å². The third-order valence-electron chi connectivity index (χ3n) is 5.40. The number of nitrogens with one attached hydrogen (secondary N) is 1. The van der Waals surface area contributed by atoms with E-state index in [1.165, 1.54) is 0 Å². The molecule has 126 valence electrons. The van der Waals surface area contributed by atoms with Crippen LogP contribution in [0.25, 0.3) is 22.4 Å². The van der Waals surface area contributed by atoms with Gasteiger partial charge >= 0.3 is 0 Å². The minimum atomic E-state index is 0.0980. The Morgan fingerprint density at radius 2 is 1.92 bits per heavy atom. The second-order valence-electron chi connectivity index (χ2n) is 6.94. The van der Waals surface area contributed by atoms with E-state index in [9.17, 15) is 4.79 Å². The summed E-state index contributed by atoms with van der Waals surface area (Å²) in [6, 6.07) is 13.4. The quantitative estimate of drug-likeness (QED) is 0.783. The lowest BCUT2D eigenvalue weighted by Gasteiger charge is -2.19. The Balaban J connectivity index is 1.58. The summed E-state index contributed by atoms with van der Waals surface area (Å²) in [7, 11) is 0. The molecular formula is C20H19N3O2. The average Bonchev–Trinajstić information content (AvgIpc) is 3.36. The molecule has 0 radical (unpaired) electrons. The van der Waals surface area contributed by atoms with E-state index in [1.807, 2.05) is 47.4 Å². The summed E-state index contributed by atoms with van der Waals surface area (Å²) in [6.07, 6.45) is 1.63. The highest BCUT2D eigenvalue weighted by Crippen LogP contribution is 2.30. The van der Waals surface area contributed by atoms with Crippen molar-refractivity contribution in [1.29, 1.82) is 0 Å². The molecule has 0 saturated carbocycles. The number of furan rings is 1. The number of pyridine rings is 1. The molecule has 5 rings (SSSR count). The van der Waals surface area contributed by atoms with Crippen LogP contribution in [0.5, 0.6) is 0 Å². The van der Waals surface area contributed by atoms with Crippen LogP contribution in [0.1, 0.15) is 10.4 Å². The molecule has 25 heavy (non-hydrogen) atoms. The molecule has 2 aliphatic heterocycles. The Labute approximate surface area is 145 Å². The molecule has 2 saturated heterocycles. The van der Waals surface area contributed by atoms with Crippen LogP contribution in [-0.4, -0.2) is 42.0 Å². The van der Waals surface area contributed by atoms with Gasteiger partial charge in [0.15, 0.2) is 5.76 Å². The molecule has 2 aromatic heterocycles. The van der Waals surface area contributed by atoms with Crippen molar-refractivity contribution in [2.75, 3.05) is 26.2 Å². The summed E-state index contributed by atoms with van der Waals surface area (Å²) < 4.78 is 5.49. The number of para-hydroxylation sites is 1. The summed E-state index contributed by atoms with van der Waals surface area (Å²) in [4.78, 5) is 19.9. The van der Waals surface area contributed by atoms with Crippen molar-refractivity contribution in [1.82, 2.24) is 15.2 Å². The standard InChI is InChI=1S/C20H19N3O2/c24-20(23-11-13-9-21-10-14(13)12-23)16-8-18(19-6-3-7-25-19)22-17-5-2-1-4-15(16)17/h1-8,13-14,21H,9-12H2/t13-,14+. The van der Waals surface area contributed by atoms with E-state index in [-0.39, 0.29) is 5.91 Å². The van der Waals surface area contributed by atoms with Crippen molar-refractivity contribution in [3.05, 3.63) is 54.3 Å². The number of carbonyl (C=O) groups excluding carboxylic acids is 1. The molecule has 0 aliphatic carbocycles. The molecule has 2 aliphatic rings. The van der Waals surface area contributed by atoms with Gasteiger partial charge in [0, 0.05) is 31.6 Å². The highest BCUT2D eigenvalue weighted by molar-refractivity contribution is 6.07. The van der Waals surface area contributed by atoms with Crippen LogP contribution in [0.15, 0.2) is 53.1 Å². The molecular weight excluding hydrogens is 314 g/mol. The van der Waals surface area contributed by atoms with Crippen LogP contribution in [0.2, 0.25) is 0 Å². The van der Waals surface area contributed by atoms with E-state index in [4.69, 9.17) is 4.42 Å². The molecule has 1 aromatic carbocycles. The summed E-state index contributed by atoms with van der Waals surface area (Å²) in [6.45, 7) is 3.71. The van der Waals surface area contributed by atoms with Crippen molar-refractivity contribution >= 4 is 16.8 Å². The second-order valence-corrected chi connectivity index (χ2v) is 6.94. The summed E-state index contributed by atoms with van der Waals surface area (Å²) in [5, 5.41) is 4.32. The normalized spacial score (nSPS) is 22.5. The zero-order valence-corrected chi connectivity index (χ0v) is 13.8. The zero-order valence-electron chi connectivity index (χ0n) is 13.8. The first-order chi connectivity index (χ1) is 12.3. The van der Waals surface area contributed by atoms with Gasteiger partial charge < -0.3 is 14.6 Å². The third kappa shape index (κ3) is 2.43. The first-order valence-electron chi connectivity index (χ1n) is 8.73. The largest absolute Gasteiger partial charge is 0.463 e. The minimum absolute atomic E-state index is 0.0980. The molecule has 4 heterocycles. The number of benzene rings is 1. The van der Waals surface area contributed by atoms with Gasteiger partial charge in [-0.15, -0.1) is 0 Å². The van der Waals surface area contributed by atoms with Gasteiger partial charge in [0.2, 0.25) is 0 Å². The predicted octanol–water partition coefficient (Wildman–Crippen LogP) is 2.79. The number of hydrogen-bond donors (Lipinski definition) is 1. The number of fused-ring (bicyclic) bond motifs is 2. The van der Waals surface area contributed by atoms with Crippen molar-refractivity contribution in [3.8, 4) is 11.5 Å². The van der Waals surface area contributed by atoms with Crippen LogP contribution in [0.4, 0.5) is 0 Å². The van der Waals surface area contributed by atoms with Gasteiger partial charge in [-0.3, -0.25) is 4.79 Å². The summed E-state index contributed by atoms with van der Waals surface area (Å²) in [5.74, 6) is 1.95. The van der Waals surface area contributed by atoms with E-state index in [2.05, 4.69) is 10.3 Å². The van der Waals surface area contributed by atoms with Crippen molar-refractivity contribution in [2.24, 2.45) is 11.8 Å². The van der Waals surface area contributed by atoms with Crippen molar-refractivity contribution in [3.63, 3.8) is 0 Å². The first-order valence-corrected chi connectivity index (χ1v) is 8.73. The fourth-order valence-electron chi connectivity index (χ4n) is 4.09. The Bertz CT molecular complexity index is 923. The Kier molecular flexibility index (Phi) is 3.35. The molecule has 2 atom stereocenters. The van der Waals surface area contributed by atoms with Gasteiger partial charge in [0.25, 0.3) is 5.91 Å². The Hall–Kier alpha value is -2.66. The zero-order chi connectivity index (χ0) is 16.8. The lowest BCUT2D eigenvalue weighted by molar-refractivity contribution is 0.0783. The Morgan fingerprint density at radius 1 is 1.12 bits per heavy atom. The van der Waals surface area contributed by atoms with Crippen LogP contribution < -0.4 is 5.32 Å². The fraction of sp³-hybridized carbons (Fsp3) is 0.300. The smallest absolute Gasteiger partial charge is 0.254 e. The van der Waals surface area contributed by atoms with Gasteiger partial charge in [0.1, 0.15) is 5.69 Å². The van der Waals surface area contributed by atoms with Crippen LogP contribution in [0.3, 0.4) is 0 Å². The number of hydrogen-bond acceptors (Lipinski definition) is 4. The van der Waals surface area contributed by atoms with E-state index in [0.717, 1.165) is 37.1 Å². The topological polar surface area (TPSA) is 58.4 Å². The number of rotatable bonds is 2. The number of aromatic nitrogens is 1. The van der Waals surface area contributed by atoms with Gasteiger partial charge in [-0.05, 0) is 36.1 Å². The van der Waals surface area contributed by atoms with Gasteiger partial charge in [-0.1, -0.05) is 18.2 Å². The van der Waals surface area contributed by atoms with E-state index in [1.54, 1.807) is 6.26 Å². The maximum atomic E-state index is 13.3. The number of nitrogens with zero attached hydrogens (tertiary/aromatic N) is 2. The lowest BCUT2D eigenvalue weighted by atomic mass is 10.0. The summed E-state index contributed by atoms with van der Waals surface area (Å²) in [5.41, 5.74) is 2.24. The van der Waals surface area contributed by atoms with Crippen LogP contribution in [-0.2, 0) is 0 Å². The van der Waals surface area contributed by atoms with E-state index in [0.29, 0.717) is 28.9 Å². The van der Waals surface area contributed by atoms with Crippen molar-refractivity contribution < 1.29 is 9.21 Å². The SMILES string of the molecule is O=C(c1cc(-c2ccco2)nc2ccccc12)N1C[C@H]2CNC[C@H]2C1. The highest BCUT2D eigenvalue weighted by atomic mass is 16.3. The maximum Gasteiger partial charge on any atom is 0.254 e. The summed E-state index contributed by atoms with van der Waals surface area (Å²) >= 11 is 0. The molecule has 3 aromatic rings. The highest BCUT2D eigenvalue weighted by Gasteiger charge is 2.38. The van der Waals surface area contributed by atoms with Crippen molar-refractivity contribution in [2.45, 2.75) is 0 Å². The molecule has 0 spiro atoms.